The fourth-order valence-corrected chi connectivity index (χ4v) is 4.33. The van der Waals surface area contributed by atoms with E-state index in [0.717, 1.165) is 13.0 Å². The molecule has 0 aromatic carbocycles. The van der Waals surface area contributed by atoms with Gasteiger partial charge in [0, 0.05) is 13.0 Å². The quantitative estimate of drug-likeness (QED) is 0.400. The molecule has 4 N–H and O–H groups in total. The van der Waals surface area contributed by atoms with E-state index in [1.165, 1.54) is 0 Å². The van der Waals surface area contributed by atoms with E-state index in [-0.39, 0.29) is 0 Å². The van der Waals surface area contributed by atoms with Crippen LogP contribution in [0, 0.1) is 5.92 Å². The van der Waals surface area contributed by atoms with Crippen LogP contribution in [0.4, 0.5) is 0 Å². The third-order valence-electron chi connectivity index (χ3n) is 3.14. The highest BCUT2D eigenvalue weighted by atomic mass is 32.2. The van der Waals surface area contributed by atoms with Gasteiger partial charge in [-0.15, -0.1) is 0 Å². The number of piperidine rings is 1. The summed E-state index contributed by atoms with van der Waals surface area (Å²) in [5.74, 6) is -0.400. The average molecular weight is 303 g/mol. The second kappa shape index (κ2) is 5.16. The minimum atomic E-state index is -5.40. The Morgan fingerprint density at radius 1 is 1.44 bits per heavy atom. The monoisotopic (exact) mass is 303 g/mol. The summed E-state index contributed by atoms with van der Waals surface area (Å²) in [5.41, 5.74) is 0. The molecule has 10 heteroatoms. The van der Waals surface area contributed by atoms with Crippen LogP contribution in [0.3, 0.4) is 0 Å². The topological polar surface area (TPSA) is 135 Å². The highest BCUT2D eigenvalue weighted by molar-refractivity contribution is 7.94. The molecule has 0 aromatic heterocycles. The van der Waals surface area contributed by atoms with Gasteiger partial charge in [0.25, 0.3) is 4.67 Å². The number of hydrogen-bond acceptors (Lipinski definition) is 5. The molecule has 1 aliphatic heterocycles. The standard InChI is InChI=1S/C8H18NO7PS/c1-9-4-2-3-7(6-9)5-8(10,17(11,12)13)18(14,15)16/h7,10H,2-6H2,1H3,(H2,11,12,13)(H,14,15,16). The van der Waals surface area contributed by atoms with Crippen molar-refractivity contribution in [2.75, 3.05) is 20.1 Å². The predicted octanol–water partition coefficient (Wildman–Crippen LogP) is -0.570. The molecule has 0 aliphatic carbocycles. The molecule has 1 saturated heterocycles. The minimum Gasteiger partial charge on any atom is -0.363 e. The van der Waals surface area contributed by atoms with Crippen molar-refractivity contribution >= 4 is 17.7 Å². The van der Waals surface area contributed by atoms with Crippen LogP contribution in [-0.4, -0.2) is 57.6 Å². The van der Waals surface area contributed by atoms with Gasteiger partial charge in [0.1, 0.15) is 0 Å². The van der Waals surface area contributed by atoms with Crippen LogP contribution < -0.4 is 0 Å². The summed E-state index contributed by atoms with van der Waals surface area (Å²) in [4.78, 5) is 19.8. The first-order valence-corrected chi connectivity index (χ1v) is 8.46. The van der Waals surface area contributed by atoms with Gasteiger partial charge in [0.15, 0.2) is 0 Å². The number of likely N-dealkylation sites (tertiary alicyclic amines) is 1. The summed E-state index contributed by atoms with van der Waals surface area (Å²) in [6.07, 6.45) is 0.604. The Hall–Kier alpha value is -0.0200. The zero-order chi connectivity index (χ0) is 14.2. The van der Waals surface area contributed by atoms with Gasteiger partial charge in [-0.3, -0.25) is 9.12 Å². The molecule has 1 rings (SSSR count). The lowest BCUT2D eigenvalue weighted by atomic mass is 9.95. The molecule has 0 amide bonds. The molecule has 0 bridgehead atoms. The van der Waals surface area contributed by atoms with Gasteiger partial charge in [-0.25, -0.2) is 0 Å². The summed E-state index contributed by atoms with van der Waals surface area (Å²) in [5, 5.41) is 9.70. The van der Waals surface area contributed by atoms with Crippen molar-refractivity contribution in [3.63, 3.8) is 0 Å². The van der Waals surface area contributed by atoms with Crippen LogP contribution in [0.25, 0.3) is 0 Å². The van der Waals surface area contributed by atoms with Gasteiger partial charge in [-0.2, -0.15) is 8.42 Å². The highest BCUT2D eigenvalue weighted by Crippen LogP contribution is 2.55. The van der Waals surface area contributed by atoms with E-state index in [9.17, 15) is 18.1 Å². The first kappa shape index (κ1) is 16.0. The molecule has 108 valence electrons. The summed E-state index contributed by atoms with van der Waals surface area (Å²) in [6.45, 7) is 1.22. The molecule has 2 unspecified atom stereocenters. The van der Waals surface area contributed by atoms with Crippen molar-refractivity contribution in [3.05, 3.63) is 0 Å². The van der Waals surface area contributed by atoms with E-state index in [1.807, 2.05) is 4.90 Å². The van der Waals surface area contributed by atoms with Gasteiger partial charge in [0.2, 0.25) is 0 Å². The van der Waals surface area contributed by atoms with Gasteiger partial charge in [-0.05, 0) is 32.4 Å². The first-order valence-electron chi connectivity index (χ1n) is 5.41. The molecule has 1 aliphatic rings. The third-order valence-corrected chi connectivity index (χ3v) is 6.64. The molecule has 2 atom stereocenters. The molecule has 8 nitrogen and oxygen atoms in total. The number of hydrogen-bond donors (Lipinski definition) is 4. The summed E-state index contributed by atoms with van der Waals surface area (Å²) < 4.78 is 38.7. The van der Waals surface area contributed by atoms with Crippen molar-refractivity contribution in [1.82, 2.24) is 4.90 Å². The van der Waals surface area contributed by atoms with E-state index in [0.29, 0.717) is 13.0 Å². The fourth-order valence-electron chi connectivity index (χ4n) is 2.19. The summed E-state index contributed by atoms with van der Waals surface area (Å²) in [7, 11) is -8.87. The highest BCUT2D eigenvalue weighted by Gasteiger charge is 2.57. The van der Waals surface area contributed by atoms with Crippen molar-refractivity contribution in [2.45, 2.75) is 23.9 Å². The second-order valence-electron chi connectivity index (χ2n) is 4.74. The molecule has 1 heterocycles. The zero-order valence-electron chi connectivity index (χ0n) is 9.93. The zero-order valence-corrected chi connectivity index (χ0v) is 11.6. The smallest absolute Gasteiger partial charge is 0.363 e. The molecular weight excluding hydrogens is 285 g/mol. The van der Waals surface area contributed by atoms with Gasteiger partial charge >= 0.3 is 17.7 Å². The maximum absolute atomic E-state index is 11.1. The van der Waals surface area contributed by atoms with E-state index in [1.54, 1.807) is 7.05 Å². The van der Waals surface area contributed by atoms with Crippen LogP contribution in [0.5, 0.6) is 0 Å². The Morgan fingerprint density at radius 3 is 2.39 bits per heavy atom. The Kier molecular flexibility index (Phi) is 4.60. The number of nitrogens with zero attached hydrogens (tertiary/aromatic N) is 1. The lowest BCUT2D eigenvalue weighted by Crippen LogP contribution is -2.43. The second-order valence-corrected chi connectivity index (χ2v) is 8.49. The Morgan fingerprint density at radius 2 is 2.00 bits per heavy atom. The Balaban J connectivity index is 2.97. The average Bonchev–Trinajstić information content (AvgIpc) is 2.13. The maximum Gasteiger partial charge on any atom is 0.375 e. The number of rotatable bonds is 4. The van der Waals surface area contributed by atoms with E-state index in [4.69, 9.17) is 14.3 Å². The SMILES string of the molecule is CN1CCCC(CC(O)(P(=O)(O)O)S(=O)(=O)O)C1. The minimum absolute atomic E-state index is 0.400. The van der Waals surface area contributed by atoms with Crippen LogP contribution in [0.15, 0.2) is 0 Å². The summed E-state index contributed by atoms with van der Waals surface area (Å²) >= 11 is 0. The molecule has 0 saturated carbocycles. The normalized spacial score (nSPS) is 26.8. The number of aliphatic hydroxyl groups is 1. The largest absolute Gasteiger partial charge is 0.375 e. The fraction of sp³-hybridized carbons (Fsp3) is 1.00. The maximum atomic E-state index is 11.1. The van der Waals surface area contributed by atoms with Gasteiger partial charge in [-0.1, -0.05) is 0 Å². The third kappa shape index (κ3) is 3.30. The van der Waals surface area contributed by atoms with Crippen molar-refractivity contribution < 1.29 is 32.4 Å². The van der Waals surface area contributed by atoms with Gasteiger partial charge in [0.05, 0.1) is 0 Å². The van der Waals surface area contributed by atoms with Crippen LogP contribution >= 0.6 is 7.60 Å². The molecule has 18 heavy (non-hydrogen) atoms. The Bertz CT molecular complexity index is 446. The van der Waals surface area contributed by atoms with E-state index >= 15 is 0 Å². The molecule has 0 radical (unpaired) electrons. The van der Waals surface area contributed by atoms with E-state index in [2.05, 4.69) is 0 Å². The molecule has 0 spiro atoms. The predicted molar refractivity (Wildman–Crippen MR) is 63.4 cm³/mol. The molecular formula is C8H18NO7PS. The van der Waals surface area contributed by atoms with Crippen LogP contribution in [0.1, 0.15) is 19.3 Å². The van der Waals surface area contributed by atoms with Gasteiger partial charge < -0.3 is 19.8 Å². The van der Waals surface area contributed by atoms with Crippen molar-refractivity contribution in [1.29, 1.82) is 0 Å². The van der Waals surface area contributed by atoms with Crippen LogP contribution in [0.2, 0.25) is 0 Å². The molecule has 0 aromatic rings. The molecule has 1 fully saturated rings. The van der Waals surface area contributed by atoms with Crippen LogP contribution in [-0.2, 0) is 14.7 Å². The van der Waals surface area contributed by atoms with E-state index < -0.39 is 34.7 Å². The van der Waals surface area contributed by atoms with Crippen molar-refractivity contribution in [2.24, 2.45) is 5.92 Å². The summed E-state index contributed by atoms with van der Waals surface area (Å²) in [6, 6.07) is 0. The Labute approximate surface area is 106 Å². The lowest BCUT2D eigenvalue weighted by molar-refractivity contribution is 0.100. The van der Waals surface area contributed by atoms with Crippen molar-refractivity contribution in [3.8, 4) is 0 Å². The lowest BCUT2D eigenvalue weighted by Gasteiger charge is -2.34. The first-order chi connectivity index (χ1) is 7.97.